The Morgan fingerprint density at radius 2 is 0.829 bits per heavy atom. The van der Waals surface area contributed by atoms with Crippen molar-refractivity contribution in [3.8, 4) is 0 Å². The summed E-state index contributed by atoms with van der Waals surface area (Å²) in [7, 11) is 2.60. The normalized spacial score (nSPS) is 15.3. The molecule has 8 N–H and O–H groups in total. The molecule has 0 bridgehead atoms. The number of dihydropyridines is 2. The maximum Gasteiger partial charge on any atom is 0.338 e. The van der Waals surface area contributed by atoms with Gasteiger partial charge in [0.15, 0.2) is 12.2 Å². The number of aliphatic carboxylic acids is 2. The molecule has 22 nitrogen and oxygen atoms in total. The first-order valence-electron chi connectivity index (χ1n) is 25.4. The van der Waals surface area contributed by atoms with Gasteiger partial charge in [0.05, 0.1) is 136 Å². The fraction of sp³-hybridized carbons (Fsp3) is 0.310. The zero-order valence-electron chi connectivity index (χ0n) is 45.9. The van der Waals surface area contributed by atoms with Crippen molar-refractivity contribution in [3.63, 3.8) is 0 Å². The van der Waals surface area contributed by atoms with Crippen molar-refractivity contribution in [2.75, 3.05) is 67.0 Å². The molecule has 0 saturated heterocycles. The van der Waals surface area contributed by atoms with E-state index in [0.29, 0.717) is 81.4 Å². The summed E-state index contributed by atoms with van der Waals surface area (Å²) in [5.74, 6) is -10.00. The van der Waals surface area contributed by atoms with Crippen molar-refractivity contribution in [3.05, 3.63) is 187 Å². The zero-order chi connectivity index (χ0) is 60.5. The monoisotopic (exact) mass is 1170 g/mol. The van der Waals surface area contributed by atoms with E-state index < -0.39 is 71.8 Å². The molecule has 0 aliphatic carbocycles. The average molecular weight is 1180 g/mol. The minimum absolute atomic E-state index is 0.0229. The third kappa shape index (κ3) is 17.8. The Balaban J connectivity index is 0.000000265. The molecule has 0 aromatic heterocycles. The number of esters is 6. The molecule has 438 valence electrons. The zero-order valence-corrected chi connectivity index (χ0v) is 47.4. The maximum atomic E-state index is 12.9. The van der Waals surface area contributed by atoms with E-state index in [2.05, 4.69) is 31.6 Å². The maximum absolute atomic E-state index is 12.9. The Hall–Kier alpha value is -8.38. The third-order valence-corrected chi connectivity index (χ3v) is 12.5. The van der Waals surface area contributed by atoms with Crippen LogP contribution in [0.15, 0.2) is 154 Å². The van der Waals surface area contributed by atoms with Gasteiger partial charge in [-0.3, -0.25) is 0 Å². The fourth-order valence-electron chi connectivity index (χ4n) is 8.26. The Labute approximate surface area is 482 Å². The van der Waals surface area contributed by atoms with Crippen LogP contribution in [0.25, 0.3) is 0 Å². The molecule has 2 heterocycles. The molecule has 0 radical (unpaired) electrons. The number of hydrogen-bond donors (Lipinski definition) is 4. The van der Waals surface area contributed by atoms with Gasteiger partial charge in [-0.2, -0.15) is 0 Å². The number of benzene rings is 4. The Kier molecular flexibility index (Phi) is 26.9. The number of halogens is 2. The summed E-state index contributed by atoms with van der Waals surface area (Å²) in [6, 6.07) is 28.7. The van der Waals surface area contributed by atoms with Gasteiger partial charge in [0, 0.05) is 21.4 Å². The topological polar surface area (TPSA) is 336 Å². The number of rotatable bonds is 23. The SMILES string of the molecule is CCOC(=O)C1=C(COCC[NH3+])NC(C)=C(C(=O)OC)[C@H]1c1ccccc1Cl.CCOC(=O)C1=C(COCC[NH3+])NC(C)=C(C(=O)OC)[C@H]1c1ccccc1Cl.O=C(O[C@@H](C(=O)[O-])[C@@H](OC(=O)c1ccccc1)C(=O)[O-])c1ccccc1. The number of quaternary nitrogens is 2. The third-order valence-electron chi connectivity index (χ3n) is 11.8. The summed E-state index contributed by atoms with van der Waals surface area (Å²) in [6.07, 6.45) is -4.78. The molecule has 2 aliphatic heterocycles. The first-order valence-corrected chi connectivity index (χ1v) is 26.2. The lowest BCUT2D eigenvalue weighted by Gasteiger charge is -2.31. The lowest BCUT2D eigenvalue weighted by atomic mass is 9.80. The largest absolute Gasteiger partial charge is 0.546 e. The smallest absolute Gasteiger partial charge is 0.338 e. The highest BCUT2D eigenvalue weighted by Crippen LogP contribution is 2.43. The number of hydrogen-bond acceptors (Lipinski definition) is 20. The number of ether oxygens (including phenoxy) is 8. The van der Waals surface area contributed by atoms with E-state index >= 15 is 0 Å². The molecule has 0 unspecified atom stereocenters. The second-order valence-corrected chi connectivity index (χ2v) is 18.1. The first-order chi connectivity index (χ1) is 39.3. The van der Waals surface area contributed by atoms with Gasteiger partial charge in [0.25, 0.3) is 0 Å². The van der Waals surface area contributed by atoms with E-state index in [1.54, 1.807) is 88.4 Å². The molecule has 4 atom stereocenters. The highest BCUT2D eigenvalue weighted by Gasteiger charge is 2.41. The van der Waals surface area contributed by atoms with Gasteiger partial charge in [-0.25, -0.2) is 28.8 Å². The fourth-order valence-corrected chi connectivity index (χ4v) is 8.75. The van der Waals surface area contributed by atoms with E-state index in [-0.39, 0.29) is 48.7 Å². The van der Waals surface area contributed by atoms with E-state index in [0.717, 1.165) is 0 Å². The summed E-state index contributed by atoms with van der Waals surface area (Å²) in [5, 5.41) is 29.6. The highest BCUT2D eigenvalue weighted by molar-refractivity contribution is 6.32. The molecule has 0 amide bonds. The van der Waals surface area contributed by atoms with Crippen LogP contribution < -0.4 is 32.3 Å². The number of methoxy groups -OCH3 is 2. The number of carboxylic acid groups (broad SMARTS) is 2. The lowest BCUT2D eigenvalue weighted by Crippen LogP contribution is -2.55. The Morgan fingerprint density at radius 1 is 0.500 bits per heavy atom. The molecule has 0 spiro atoms. The van der Waals surface area contributed by atoms with Crippen LogP contribution in [0.4, 0.5) is 0 Å². The van der Waals surface area contributed by atoms with Gasteiger partial charge in [-0.1, -0.05) is 96.0 Å². The molecular formula is C58H64Cl2N4O18. The van der Waals surface area contributed by atoms with Crippen molar-refractivity contribution in [1.82, 2.24) is 10.6 Å². The predicted molar refractivity (Wildman–Crippen MR) is 290 cm³/mol. The summed E-state index contributed by atoms with van der Waals surface area (Å²) in [5.41, 5.74) is 12.0. The molecule has 0 fully saturated rings. The van der Waals surface area contributed by atoms with Gasteiger partial charge >= 0.3 is 35.8 Å². The standard InChI is InChI=1S/2C20H25ClN2O5.C18H14O8/c2*1-4-28-20(25)18-15(11-27-10-9-22)23-12(2)16(19(24)26-3)17(18)13-7-5-6-8-14(13)21;19-15(20)13(25-17(23)11-7-3-1-4-8-11)14(16(21)22)26-18(24)12-9-5-2-6-10-12/h2*5-8,17,23H,4,9-11,22H2,1-3H3;1-10,13-14H,(H,19,20)(H,21,22)/t2*17-;13-,14-/m111/s1. The van der Waals surface area contributed by atoms with Crippen LogP contribution in [-0.4, -0.2) is 127 Å². The van der Waals surface area contributed by atoms with Crippen LogP contribution in [0.3, 0.4) is 0 Å². The number of nitrogens with one attached hydrogen (secondary N) is 2. The van der Waals surface area contributed by atoms with E-state index in [1.807, 2.05) is 0 Å². The van der Waals surface area contributed by atoms with E-state index in [4.69, 9.17) is 51.6 Å². The molecule has 0 saturated carbocycles. The van der Waals surface area contributed by atoms with Crippen molar-refractivity contribution in [1.29, 1.82) is 0 Å². The second kappa shape index (κ2) is 33.4. The summed E-state index contributed by atoms with van der Waals surface area (Å²) in [4.78, 5) is 97.4. The molecule has 6 rings (SSSR count). The van der Waals surface area contributed by atoms with E-state index in [9.17, 15) is 48.6 Å². The highest BCUT2D eigenvalue weighted by atomic mass is 35.5. The molecule has 4 aromatic rings. The summed E-state index contributed by atoms with van der Waals surface area (Å²) in [6.45, 7) is 9.69. The van der Waals surface area contributed by atoms with Crippen LogP contribution in [-0.2, 0) is 66.7 Å². The Morgan fingerprint density at radius 3 is 1.12 bits per heavy atom. The van der Waals surface area contributed by atoms with Crippen LogP contribution in [0.2, 0.25) is 10.0 Å². The molecular weight excluding hydrogens is 1110 g/mol. The average Bonchev–Trinajstić information content (AvgIpc) is 2.11. The number of allylic oxidation sites excluding steroid dienone is 2. The van der Waals surface area contributed by atoms with Crippen molar-refractivity contribution in [2.24, 2.45) is 0 Å². The van der Waals surface area contributed by atoms with Crippen LogP contribution in [0.5, 0.6) is 0 Å². The number of carbonyl (C=O) groups excluding carboxylic acids is 8. The number of carboxylic acids is 2. The molecule has 4 aromatic carbocycles. The van der Waals surface area contributed by atoms with Gasteiger partial charge in [0.2, 0.25) is 0 Å². The van der Waals surface area contributed by atoms with Crippen molar-refractivity contribution in [2.45, 2.75) is 51.7 Å². The van der Waals surface area contributed by atoms with Gasteiger partial charge in [-0.15, -0.1) is 0 Å². The van der Waals surface area contributed by atoms with Crippen LogP contribution in [0.1, 0.15) is 71.4 Å². The summed E-state index contributed by atoms with van der Waals surface area (Å²) >= 11 is 12.9. The predicted octanol–water partition coefficient (Wildman–Crippen LogP) is 2.04. The first kappa shape index (κ1) is 66.1. The van der Waals surface area contributed by atoms with Gasteiger partial charge in [0.1, 0.15) is 0 Å². The molecule has 82 heavy (non-hydrogen) atoms. The van der Waals surface area contributed by atoms with Crippen molar-refractivity contribution >= 4 is 71.0 Å². The molecule has 24 heteroatoms. The minimum atomic E-state index is -2.39. The summed E-state index contributed by atoms with van der Waals surface area (Å²) < 4.78 is 41.1. The quantitative estimate of drug-likeness (QED) is 0.0469. The minimum Gasteiger partial charge on any atom is -0.546 e. The van der Waals surface area contributed by atoms with E-state index in [1.165, 1.54) is 62.8 Å². The lowest BCUT2D eigenvalue weighted by molar-refractivity contribution is -0.374. The molecule has 2 aliphatic rings. The van der Waals surface area contributed by atoms with Gasteiger partial charge in [-0.05, 0) is 75.2 Å². The van der Waals surface area contributed by atoms with Crippen LogP contribution in [0, 0.1) is 0 Å². The van der Waals surface area contributed by atoms with Gasteiger partial charge < -0.3 is 79.8 Å². The Bertz CT molecular complexity index is 2850. The second-order valence-electron chi connectivity index (χ2n) is 17.3. The van der Waals surface area contributed by atoms with Crippen LogP contribution >= 0.6 is 23.2 Å². The number of carbonyl (C=O) groups is 8. The van der Waals surface area contributed by atoms with Crippen molar-refractivity contribution < 1.29 is 97.9 Å².